The van der Waals surface area contributed by atoms with Crippen LogP contribution < -0.4 is 4.90 Å². The van der Waals surface area contributed by atoms with Crippen LogP contribution in [0.4, 0.5) is 15.8 Å². The van der Waals surface area contributed by atoms with E-state index in [0.717, 1.165) is 6.07 Å². The van der Waals surface area contributed by atoms with Crippen molar-refractivity contribution in [3.05, 3.63) is 34.1 Å². The maximum atomic E-state index is 13.4. The highest BCUT2D eigenvalue weighted by Crippen LogP contribution is 2.27. The van der Waals surface area contributed by atoms with Crippen LogP contribution in [-0.2, 0) is 9.84 Å². The van der Waals surface area contributed by atoms with Crippen LogP contribution in [-0.4, -0.2) is 37.4 Å². The third kappa shape index (κ3) is 3.01. The second kappa shape index (κ2) is 4.76. The van der Waals surface area contributed by atoms with Crippen molar-refractivity contribution in [2.75, 3.05) is 23.0 Å². The predicted molar refractivity (Wildman–Crippen MR) is 68.5 cm³/mol. The second-order valence-corrected chi connectivity index (χ2v) is 6.81. The molecule has 1 unspecified atom stereocenters. The third-order valence-electron chi connectivity index (χ3n) is 3.08. The van der Waals surface area contributed by atoms with Gasteiger partial charge in [0.25, 0.3) is 5.69 Å². The molecule has 1 aliphatic heterocycles. The number of nitrogens with zero attached hydrogens (tertiary/aromatic N) is 2. The quantitative estimate of drug-likeness (QED) is 0.606. The molecule has 19 heavy (non-hydrogen) atoms. The molecule has 1 fully saturated rings. The lowest BCUT2D eigenvalue weighted by molar-refractivity contribution is -0.385. The van der Waals surface area contributed by atoms with Crippen molar-refractivity contribution in [2.45, 2.75) is 13.0 Å². The number of benzene rings is 1. The molecule has 0 amide bonds. The van der Waals surface area contributed by atoms with E-state index < -0.39 is 20.6 Å². The van der Waals surface area contributed by atoms with Crippen molar-refractivity contribution >= 4 is 21.2 Å². The molecular formula is C11H13FN2O4S. The summed E-state index contributed by atoms with van der Waals surface area (Å²) in [6, 6.07) is 2.95. The molecule has 0 spiro atoms. The zero-order valence-electron chi connectivity index (χ0n) is 10.2. The van der Waals surface area contributed by atoms with Crippen LogP contribution in [0.5, 0.6) is 0 Å². The minimum absolute atomic E-state index is 0.0261. The standard InChI is InChI=1S/C11H13FN2O4S/c1-8-7-19(17,18)3-2-13(8)10-4-9(12)5-11(6-10)14(15)16/h4-6,8H,2-3,7H2,1H3. The van der Waals surface area contributed by atoms with Gasteiger partial charge in [-0.05, 0) is 13.0 Å². The van der Waals surface area contributed by atoms with Gasteiger partial charge in [0.1, 0.15) is 5.82 Å². The van der Waals surface area contributed by atoms with Crippen LogP contribution in [0, 0.1) is 15.9 Å². The van der Waals surface area contributed by atoms with Gasteiger partial charge in [0.2, 0.25) is 0 Å². The molecule has 1 aliphatic rings. The van der Waals surface area contributed by atoms with Crippen LogP contribution >= 0.6 is 0 Å². The fourth-order valence-electron chi connectivity index (χ4n) is 2.21. The number of nitro groups is 1. The van der Waals surface area contributed by atoms with Gasteiger partial charge in [0.15, 0.2) is 9.84 Å². The van der Waals surface area contributed by atoms with E-state index in [1.54, 1.807) is 11.8 Å². The highest BCUT2D eigenvalue weighted by molar-refractivity contribution is 7.91. The lowest BCUT2D eigenvalue weighted by Gasteiger charge is -2.34. The minimum atomic E-state index is -3.08. The average Bonchev–Trinajstić information content (AvgIpc) is 2.26. The summed E-state index contributed by atoms with van der Waals surface area (Å²) in [5, 5.41) is 10.7. The number of hydrogen-bond acceptors (Lipinski definition) is 5. The summed E-state index contributed by atoms with van der Waals surface area (Å²) in [4.78, 5) is 11.7. The van der Waals surface area contributed by atoms with E-state index in [0.29, 0.717) is 5.69 Å². The molecule has 1 saturated heterocycles. The SMILES string of the molecule is CC1CS(=O)(=O)CCN1c1cc(F)cc([N+](=O)[O-])c1. The Hall–Kier alpha value is -1.70. The third-order valence-corrected chi connectivity index (χ3v) is 4.88. The molecule has 8 heteroatoms. The maximum Gasteiger partial charge on any atom is 0.274 e. The number of nitro benzene ring substituents is 1. The topological polar surface area (TPSA) is 80.5 Å². The van der Waals surface area contributed by atoms with Crippen molar-refractivity contribution in [3.63, 3.8) is 0 Å². The molecule has 1 atom stereocenters. The fraction of sp³-hybridized carbons (Fsp3) is 0.455. The summed E-state index contributed by atoms with van der Waals surface area (Å²) in [6.07, 6.45) is 0. The maximum absolute atomic E-state index is 13.4. The zero-order chi connectivity index (χ0) is 14.2. The van der Waals surface area contributed by atoms with Crippen LogP contribution in [0.1, 0.15) is 6.92 Å². The molecule has 0 N–H and O–H groups in total. The molecule has 104 valence electrons. The molecule has 2 rings (SSSR count). The number of hydrogen-bond donors (Lipinski definition) is 0. The van der Waals surface area contributed by atoms with Crippen molar-refractivity contribution in [3.8, 4) is 0 Å². The van der Waals surface area contributed by atoms with E-state index in [-0.39, 0.29) is 29.8 Å². The first-order valence-corrected chi connectivity index (χ1v) is 7.53. The molecule has 0 radical (unpaired) electrons. The monoisotopic (exact) mass is 288 g/mol. The van der Waals surface area contributed by atoms with Gasteiger partial charge < -0.3 is 4.90 Å². The average molecular weight is 288 g/mol. The first kappa shape index (κ1) is 13.7. The Kier molecular flexibility index (Phi) is 3.44. The van der Waals surface area contributed by atoms with Gasteiger partial charge in [-0.3, -0.25) is 10.1 Å². The molecule has 1 aromatic rings. The van der Waals surface area contributed by atoms with Crippen LogP contribution in [0.25, 0.3) is 0 Å². The van der Waals surface area contributed by atoms with Gasteiger partial charge in [0, 0.05) is 24.3 Å². The van der Waals surface area contributed by atoms with E-state index in [9.17, 15) is 22.9 Å². The minimum Gasteiger partial charge on any atom is -0.366 e. The molecule has 6 nitrogen and oxygen atoms in total. The van der Waals surface area contributed by atoms with Gasteiger partial charge in [-0.15, -0.1) is 0 Å². The van der Waals surface area contributed by atoms with Gasteiger partial charge >= 0.3 is 0 Å². The largest absolute Gasteiger partial charge is 0.366 e. The van der Waals surface area contributed by atoms with Gasteiger partial charge in [-0.1, -0.05) is 0 Å². The molecule has 0 aliphatic carbocycles. The van der Waals surface area contributed by atoms with Gasteiger partial charge in [-0.25, -0.2) is 12.8 Å². The predicted octanol–water partition coefficient (Wildman–Crippen LogP) is 1.36. The van der Waals surface area contributed by atoms with Crippen LogP contribution in [0.15, 0.2) is 18.2 Å². The molecule has 0 bridgehead atoms. The first-order valence-electron chi connectivity index (χ1n) is 5.70. The number of non-ortho nitro benzene ring substituents is 1. The smallest absolute Gasteiger partial charge is 0.274 e. The molecule has 0 aromatic heterocycles. The fourth-order valence-corrected chi connectivity index (χ4v) is 3.77. The summed E-state index contributed by atoms with van der Waals surface area (Å²) in [5.74, 6) is -0.760. The first-order chi connectivity index (χ1) is 8.78. The van der Waals surface area contributed by atoms with Gasteiger partial charge in [0.05, 0.1) is 22.5 Å². The highest BCUT2D eigenvalue weighted by Gasteiger charge is 2.29. The Labute approximate surface area is 109 Å². The molecular weight excluding hydrogens is 275 g/mol. The second-order valence-electron chi connectivity index (χ2n) is 4.58. The van der Waals surface area contributed by atoms with Crippen LogP contribution in [0.3, 0.4) is 0 Å². The number of anilines is 1. The molecule has 1 aromatic carbocycles. The Bertz CT molecular complexity index is 617. The number of halogens is 1. The lowest BCUT2D eigenvalue weighted by Crippen LogP contribution is -2.47. The molecule has 1 heterocycles. The Morgan fingerprint density at radius 3 is 2.68 bits per heavy atom. The lowest BCUT2D eigenvalue weighted by atomic mass is 10.2. The van der Waals surface area contributed by atoms with Crippen molar-refractivity contribution < 1.29 is 17.7 Å². The Morgan fingerprint density at radius 1 is 1.42 bits per heavy atom. The molecule has 0 saturated carbocycles. The van der Waals surface area contributed by atoms with E-state index in [2.05, 4.69) is 0 Å². The highest BCUT2D eigenvalue weighted by atomic mass is 32.2. The summed E-state index contributed by atoms with van der Waals surface area (Å²) in [5.41, 5.74) is 0.00438. The summed E-state index contributed by atoms with van der Waals surface area (Å²) in [6.45, 7) is 1.91. The number of sulfone groups is 1. The Balaban J connectivity index is 2.34. The van der Waals surface area contributed by atoms with E-state index in [1.807, 2.05) is 0 Å². The zero-order valence-corrected chi connectivity index (χ0v) is 11.1. The van der Waals surface area contributed by atoms with Crippen molar-refractivity contribution in [1.82, 2.24) is 0 Å². The van der Waals surface area contributed by atoms with Crippen molar-refractivity contribution in [2.24, 2.45) is 0 Å². The van der Waals surface area contributed by atoms with E-state index in [1.165, 1.54) is 12.1 Å². The Morgan fingerprint density at radius 2 is 2.11 bits per heavy atom. The van der Waals surface area contributed by atoms with Crippen LogP contribution in [0.2, 0.25) is 0 Å². The van der Waals surface area contributed by atoms with E-state index >= 15 is 0 Å². The summed E-state index contributed by atoms with van der Waals surface area (Å²) < 4.78 is 36.3. The summed E-state index contributed by atoms with van der Waals surface area (Å²) >= 11 is 0. The van der Waals surface area contributed by atoms with E-state index in [4.69, 9.17) is 0 Å². The van der Waals surface area contributed by atoms with Crippen molar-refractivity contribution in [1.29, 1.82) is 0 Å². The normalized spacial score (nSPS) is 22.2. The van der Waals surface area contributed by atoms with Gasteiger partial charge in [-0.2, -0.15) is 0 Å². The summed E-state index contributed by atoms with van der Waals surface area (Å²) in [7, 11) is -3.08. The number of rotatable bonds is 2.